The molecule has 108 valence electrons. The molecule has 1 unspecified atom stereocenters. The SMILES string of the molecule is CCC1(C(=O)O)CCCN1C(=O)Cc1ccc(O)cc1. The molecule has 0 spiro atoms. The van der Waals surface area contributed by atoms with E-state index >= 15 is 0 Å². The molecule has 1 atom stereocenters. The van der Waals surface area contributed by atoms with Gasteiger partial charge in [0.05, 0.1) is 6.42 Å². The van der Waals surface area contributed by atoms with Crippen molar-refractivity contribution in [1.29, 1.82) is 0 Å². The van der Waals surface area contributed by atoms with E-state index in [1.165, 1.54) is 17.0 Å². The molecule has 1 amide bonds. The molecule has 1 saturated heterocycles. The van der Waals surface area contributed by atoms with Crippen molar-refractivity contribution in [3.05, 3.63) is 29.8 Å². The minimum absolute atomic E-state index is 0.149. The number of rotatable bonds is 4. The molecule has 2 N–H and O–H groups in total. The van der Waals surface area contributed by atoms with Crippen LogP contribution in [-0.4, -0.2) is 39.1 Å². The maximum absolute atomic E-state index is 12.4. The molecular weight excluding hydrogens is 258 g/mol. The standard InChI is InChI=1S/C15H19NO4/c1-2-15(14(19)20)8-3-9-16(15)13(18)10-11-4-6-12(17)7-5-11/h4-7,17H,2-3,8-10H2,1H3,(H,19,20). The highest BCUT2D eigenvalue weighted by Crippen LogP contribution is 2.33. The highest BCUT2D eigenvalue weighted by molar-refractivity contribution is 5.88. The Bertz CT molecular complexity index is 511. The zero-order valence-corrected chi connectivity index (χ0v) is 11.5. The number of nitrogens with zero attached hydrogens (tertiary/aromatic N) is 1. The smallest absolute Gasteiger partial charge is 0.329 e. The van der Waals surface area contributed by atoms with Gasteiger partial charge in [0.25, 0.3) is 0 Å². The summed E-state index contributed by atoms with van der Waals surface area (Å²) in [4.78, 5) is 25.4. The lowest BCUT2D eigenvalue weighted by molar-refractivity contribution is -0.156. The normalized spacial score (nSPS) is 21.9. The maximum atomic E-state index is 12.4. The number of carboxylic acids is 1. The number of amides is 1. The summed E-state index contributed by atoms with van der Waals surface area (Å²) in [5, 5.41) is 18.7. The van der Waals surface area contributed by atoms with Gasteiger partial charge in [-0.3, -0.25) is 4.79 Å². The van der Waals surface area contributed by atoms with Gasteiger partial charge in [0.1, 0.15) is 11.3 Å². The molecule has 1 fully saturated rings. The predicted molar refractivity (Wildman–Crippen MR) is 73.4 cm³/mol. The lowest BCUT2D eigenvalue weighted by Gasteiger charge is -2.34. The molecule has 1 aliphatic heterocycles. The lowest BCUT2D eigenvalue weighted by Crippen LogP contribution is -2.53. The summed E-state index contributed by atoms with van der Waals surface area (Å²) in [5.41, 5.74) is -0.274. The first kappa shape index (κ1) is 14.4. The summed E-state index contributed by atoms with van der Waals surface area (Å²) in [6.45, 7) is 2.30. The van der Waals surface area contributed by atoms with Crippen molar-refractivity contribution in [2.24, 2.45) is 0 Å². The fourth-order valence-corrected chi connectivity index (χ4v) is 2.87. The van der Waals surface area contributed by atoms with Crippen LogP contribution in [0.5, 0.6) is 5.75 Å². The van der Waals surface area contributed by atoms with Crippen LogP contribution in [0, 0.1) is 0 Å². The second-order valence-corrected chi connectivity index (χ2v) is 5.18. The van der Waals surface area contributed by atoms with E-state index in [1.807, 2.05) is 0 Å². The van der Waals surface area contributed by atoms with Crippen LogP contribution < -0.4 is 0 Å². The minimum Gasteiger partial charge on any atom is -0.508 e. The third-order valence-electron chi connectivity index (χ3n) is 4.06. The Hall–Kier alpha value is -2.04. The number of hydrogen-bond acceptors (Lipinski definition) is 3. The Morgan fingerprint density at radius 2 is 1.95 bits per heavy atom. The highest BCUT2D eigenvalue weighted by Gasteiger charge is 2.48. The predicted octanol–water partition coefficient (Wildman–Crippen LogP) is 1.79. The van der Waals surface area contributed by atoms with Crippen LogP contribution in [0.3, 0.4) is 0 Å². The lowest BCUT2D eigenvalue weighted by atomic mass is 9.92. The molecular formula is C15H19NO4. The van der Waals surface area contributed by atoms with Crippen molar-refractivity contribution in [2.75, 3.05) is 6.54 Å². The fraction of sp³-hybridized carbons (Fsp3) is 0.467. The second-order valence-electron chi connectivity index (χ2n) is 5.18. The summed E-state index contributed by atoms with van der Waals surface area (Å²) in [6.07, 6.45) is 1.82. The number of carboxylic acid groups (broad SMARTS) is 1. The van der Waals surface area contributed by atoms with E-state index in [9.17, 15) is 19.8 Å². The Kier molecular flexibility index (Phi) is 3.97. The summed E-state index contributed by atoms with van der Waals surface area (Å²) >= 11 is 0. The molecule has 2 rings (SSSR count). The number of carbonyl (C=O) groups excluding carboxylic acids is 1. The first-order chi connectivity index (χ1) is 9.49. The van der Waals surface area contributed by atoms with Gasteiger partial charge in [0, 0.05) is 6.54 Å². The largest absolute Gasteiger partial charge is 0.508 e. The number of likely N-dealkylation sites (tertiary alicyclic amines) is 1. The van der Waals surface area contributed by atoms with Crippen molar-refractivity contribution < 1.29 is 19.8 Å². The van der Waals surface area contributed by atoms with Gasteiger partial charge in [-0.15, -0.1) is 0 Å². The van der Waals surface area contributed by atoms with Crippen molar-refractivity contribution in [3.63, 3.8) is 0 Å². The Balaban J connectivity index is 2.15. The van der Waals surface area contributed by atoms with Crippen molar-refractivity contribution in [2.45, 2.75) is 38.1 Å². The van der Waals surface area contributed by atoms with Gasteiger partial charge in [-0.05, 0) is 37.0 Å². The fourth-order valence-electron chi connectivity index (χ4n) is 2.87. The molecule has 1 aliphatic rings. The molecule has 0 saturated carbocycles. The monoisotopic (exact) mass is 277 g/mol. The van der Waals surface area contributed by atoms with Gasteiger partial charge in [-0.1, -0.05) is 19.1 Å². The van der Waals surface area contributed by atoms with Crippen LogP contribution in [0.2, 0.25) is 0 Å². The second kappa shape index (κ2) is 5.53. The zero-order chi connectivity index (χ0) is 14.8. The number of phenolic OH excluding ortho intramolecular Hbond substituents is 1. The van der Waals surface area contributed by atoms with Crippen molar-refractivity contribution in [3.8, 4) is 5.75 Å². The topological polar surface area (TPSA) is 77.8 Å². The number of aliphatic carboxylic acids is 1. The van der Waals surface area contributed by atoms with Gasteiger partial charge in [-0.25, -0.2) is 4.79 Å². The molecule has 1 aromatic rings. The zero-order valence-electron chi connectivity index (χ0n) is 11.5. The average Bonchev–Trinajstić information content (AvgIpc) is 2.86. The summed E-state index contributed by atoms with van der Waals surface area (Å²) in [7, 11) is 0. The molecule has 20 heavy (non-hydrogen) atoms. The molecule has 5 heteroatoms. The Morgan fingerprint density at radius 3 is 2.50 bits per heavy atom. The molecule has 0 radical (unpaired) electrons. The third-order valence-corrected chi connectivity index (χ3v) is 4.06. The number of benzene rings is 1. The van der Waals surface area contributed by atoms with Crippen LogP contribution >= 0.6 is 0 Å². The van der Waals surface area contributed by atoms with E-state index < -0.39 is 11.5 Å². The van der Waals surface area contributed by atoms with Crippen LogP contribution in [0.4, 0.5) is 0 Å². The van der Waals surface area contributed by atoms with Gasteiger partial charge in [0.2, 0.25) is 5.91 Å². The Labute approximate surface area is 117 Å². The molecule has 0 aliphatic carbocycles. The summed E-state index contributed by atoms with van der Waals surface area (Å²) in [5.74, 6) is -0.940. The highest BCUT2D eigenvalue weighted by atomic mass is 16.4. The van der Waals surface area contributed by atoms with Crippen LogP contribution in [0.1, 0.15) is 31.7 Å². The van der Waals surface area contributed by atoms with E-state index in [4.69, 9.17) is 0 Å². The molecule has 5 nitrogen and oxygen atoms in total. The van der Waals surface area contributed by atoms with Gasteiger partial charge >= 0.3 is 5.97 Å². The minimum atomic E-state index is -1.05. The van der Waals surface area contributed by atoms with Crippen LogP contribution in [0.25, 0.3) is 0 Å². The molecule has 1 heterocycles. The van der Waals surface area contributed by atoms with Gasteiger partial charge in [-0.2, -0.15) is 0 Å². The van der Waals surface area contributed by atoms with Crippen molar-refractivity contribution in [1.82, 2.24) is 4.90 Å². The van der Waals surface area contributed by atoms with Gasteiger partial charge in [0.15, 0.2) is 0 Å². The first-order valence-corrected chi connectivity index (χ1v) is 6.81. The third kappa shape index (κ3) is 2.48. The average molecular weight is 277 g/mol. The number of carbonyl (C=O) groups is 2. The van der Waals surface area contributed by atoms with Gasteiger partial charge < -0.3 is 15.1 Å². The first-order valence-electron chi connectivity index (χ1n) is 6.81. The quantitative estimate of drug-likeness (QED) is 0.879. The number of aromatic hydroxyl groups is 1. The van der Waals surface area contributed by atoms with Crippen LogP contribution in [0.15, 0.2) is 24.3 Å². The molecule has 0 aromatic heterocycles. The van der Waals surface area contributed by atoms with E-state index in [0.717, 1.165) is 12.0 Å². The van der Waals surface area contributed by atoms with E-state index in [2.05, 4.69) is 0 Å². The number of phenols is 1. The van der Waals surface area contributed by atoms with E-state index in [0.29, 0.717) is 19.4 Å². The van der Waals surface area contributed by atoms with E-state index in [1.54, 1.807) is 19.1 Å². The summed E-state index contributed by atoms with van der Waals surface area (Å²) in [6, 6.07) is 6.41. The van der Waals surface area contributed by atoms with E-state index in [-0.39, 0.29) is 18.1 Å². The summed E-state index contributed by atoms with van der Waals surface area (Å²) < 4.78 is 0. The van der Waals surface area contributed by atoms with Crippen LogP contribution in [-0.2, 0) is 16.0 Å². The molecule has 0 bridgehead atoms. The maximum Gasteiger partial charge on any atom is 0.329 e. The van der Waals surface area contributed by atoms with Crippen molar-refractivity contribution >= 4 is 11.9 Å². The Morgan fingerprint density at radius 1 is 1.30 bits per heavy atom. The molecule has 1 aromatic carbocycles. The number of hydrogen-bond donors (Lipinski definition) is 2.